The molecule has 0 heterocycles. The van der Waals surface area contributed by atoms with E-state index in [4.69, 9.17) is 0 Å². The summed E-state index contributed by atoms with van der Waals surface area (Å²) in [5.41, 5.74) is 0.964. The van der Waals surface area contributed by atoms with E-state index in [1.54, 1.807) is 13.0 Å². The molecule has 0 spiro atoms. The molecule has 5 heteroatoms. The predicted octanol–water partition coefficient (Wildman–Crippen LogP) is 1.98. The molecule has 0 amide bonds. The van der Waals surface area contributed by atoms with Crippen LogP contribution in [-0.4, -0.2) is 14.2 Å². The molecule has 0 saturated carbocycles. The van der Waals surface area contributed by atoms with Crippen molar-refractivity contribution in [3.63, 3.8) is 0 Å². The van der Waals surface area contributed by atoms with Crippen molar-refractivity contribution in [2.24, 2.45) is 0 Å². The van der Waals surface area contributed by atoms with E-state index < -0.39 is 21.8 Å². The molecule has 0 N–H and O–H groups in total. The van der Waals surface area contributed by atoms with Crippen molar-refractivity contribution < 1.29 is 16.7 Å². The van der Waals surface area contributed by atoms with Crippen LogP contribution in [-0.2, 0) is 16.6 Å². The van der Waals surface area contributed by atoms with Gasteiger partial charge in [-0.05, 0) is 30.5 Å². The van der Waals surface area contributed by atoms with Crippen LogP contribution in [0, 0.1) is 12.7 Å². The van der Waals surface area contributed by atoms with Crippen LogP contribution in [0.1, 0.15) is 11.1 Å². The smallest absolute Gasteiger partial charge is 0.207 e. The Morgan fingerprint density at radius 3 is 2.50 bits per heavy atom. The molecule has 0 aliphatic rings. The second-order valence-electron chi connectivity index (χ2n) is 3.09. The van der Waals surface area contributed by atoms with E-state index >= 15 is 0 Å². The highest BCUT2D eigenvalue weighted by Crippen LogP contribution is 2.11. The van der Waals surface area contributed by atoms with Gasteiger partial charge in [-0.15, -0.1) is 3.89 Å². The highest BCUT2D eigenvalue weighted by molar-refractivity contribution is 7.86. The Bertz CT molecular complexity index is 426. The predicted molar refractivity (Wildman–Crippen MR) is 49.7 cm³/mol. The van der Waals surface area contributed by atoms with Gasteiger partial charge in [-0.25, -0.2) is 4.39 Å². The van der Waals surface area contributed by atoms with Crippen LogP contribution < -0.4 is 0 Å². The summed E-state index contributed by atoms with van der Waals surface area (Å²) in [4.78, 5) is 0. The van der Waals surface area contributed by atoms with Gasteiger partial charge in [-0.1, -0.05) is 12.1 Å². The molecule has 1 aromatic rings. The van der Waals surface area contributed by atoms with Crippen LogP contribution in [0.4, 0.5) is 8.28 Å². The maximum atomic E-state index is 13.1. The molecule has 0 unspecified atom stereocenters. The molecule has 0 aromatic heterocycles. The van der Waals surface area contributed by atoms with Crippen molar-refractivity contribution in [1.82, 2.24) is 0 Å². The Balaban J connectivity index is 2.78. The summed E-state index contributed by atoms with van der Waals surface area (Å²) < 4.78 is 45.6. The van der Waals surface area contributed by atoms with Crippen molar-refractivity contribution in [2.75, 3.05) is 5.75 Å². The molecule has 14 heavy (non-hydrogen) atoms. The fourth-order valence-electron chi connectivity index (χ4n) is 1.09. The molecule has 0 aliphatic heterocycles. The zero-order valence-electron chi connectivity index (χ0n) is 7.63. The summed E-state index contributed by atoms with van der Waals surface area (Å²) in [7, 11) is -4.52. The van der Waals surface area contributed by atoms with E-state index in [9.17, 15) is 16.7 Å². The standard InChI is InChI=1S/C9H10F2O2S/c1-7-2-3-8(9(10)6-7)4-5-14(11,12)13/h2-3,6H,4-5H2,1H3. The number of benzene rings is 1. The van der Waals surface area contributed by atoms with Gasteiger partial charge in [0.05, 0.1) is 5.75 Å². The van der Waals surface area contributed by atoms with E-state index in [0.717, 1.165) is 5.56 Å². The zero-order chi connectivity index (χ0) is 10.8. The minimum Gasteiger partial charge on any atom is -0.207 e. The first-order valence-electron chi connectivity index (χ1n) is 4.06. The molecule has 1 rings (SSSR count). The molecular formula is C9H10F2O2S. The topological polar surface area (TPSA) is 34.1 Å². The normalized spacial score (nSPS) is 11.6. The van der Waals surface area contributed by atoms with E-state index in [1.807, 2.05) is 0 Å². The summed E-state index contributed by atoms with van der Waals surface area (Å²) in [6.45, 7) is 1.72. The third-order valence-corrected chi connectivity index (χ3v) is 2.52. The Morgan fingerprint density at radius 2 is 2.00 bits per heavy atom. The number of rotatable bonds is 3. The van der Waals surface area contributed by atoms with E-state index in [-0.39, 0.29) is 12.0 Å². The quantitative estimate of drug-likeness (QED) is 0.730. The lowest BCUT2D eigenvalue weighted by molar-refractivity contribution is 0.550. The van der Waals surface area contributed by atoms with Gasteiger partial charge in [-0.3, -0.25) is 0 Å². The molecule has 1 aromatic carbocycles. The van der Waals surface area contributed by atoms with Crippen molar-refractivity contribution in [3.05, 3.63) is 35.1 Å². The van der Waals surface area contributed by atoms with E-state index in [1.165, 1.54) is 12.1 Å². The van der Waals surface area contributed by atoms with Gasteiger partial charge in [0.1, 0.15) is 5.82 Å². The monoisotopic (exact) mass is 220 g/mol. The van der Waals surface area contributed by atoms with Gasteiger partial charge >= 0.3 is 10.2 Å². The van der Waals surface area contributed by atoms with Crippen LogP contribution in [0.3, 0.4) is 0 Å². The Kier molecular flexibility index (Phi) is 3.21. The van der Waals surface area contributed by atoms with Gasteiger partial charge < -0.3 is 0 Å². The lowest BCUT2D eigenvalue weighted by atomic mass is 10.1. The molecule has 78 valence electrons. The number of hydrogen-bond donors (Lipinski definition) is 0. The van der Waals surface area contributed by atoms with Crippen molar-refractivity contribution >= 4 is 10.2 Å². The number of hydrogen-bond acceptors (Lipinski definition) is 2. The minimum atomic E-state index is -4.52. The van der Waals surface area contributed by atoms with Crippen molar-refractivity contribution in [3.8, 4) is 0 Å². The van der Waals surface area contributed by atoms with Gasteiger partial charge in [0.15, 0.2) is 0 Å². The Hall–Kier alpha value is -0.970. The van der Waals surface area contributed by atoms with Crippen molar-refractivity contribution in [1.29, 1.82) is 0 Å². The molecule has 0 fully saturated rings. The summed E-state index contributed by atoms with van der Waals surface area (Å²) in [6, 6.07) is 4.42. The minimum absolute atomic E-state index is 0.134. The van der Waals surface area contributed by atoms with Crippen LogP contribution in [0.5, 0.6) is 0 Å². The van der Waals surface area contributed by atoms with Gasteiger partial charge in [0, 0.05) is 0 Å². The maximum Gasteiger partial charge on any atom is 0.302 e. The van der Waals surface area contributed by atoms with Crippen LogP contribution in [0.2, 0.25) is 0 Å². The molecule has 2 nitrogen and oxygen atoms in total. The lowest BCUT2D eigenvalue weighted by Gasteiger charge is -2.01. The zero-order valence-corrected chi connectivity index (χ0v) is 8.44. The van der Waals surface area contributed by atoms with Crippen molar-refractivity contribution in [2.45, 2.75) is 13.3 Å². The highest BCUT2D eigenvalue weighted by atomic mass is 32.3. The first kappa shape index (κ1) is 11.1. The van der Waals surface area contributed by atoms with E-state index in [2.05, 4.69) is 0 Å². The SMILES string of the molecule is Cc1ccc(CCS(=O)(=O)F)c(F)c1. The third kappa shape index (κ3) is 3.41. The first-order valence-corrected chi connectivity index (χ1v) is 5.61. The summed E-state index contributed by atoms with van der Waals surface area (Å²) >= 11 is 0. The summed E-state index contributed by atoms with van der Waals surface area (Å²) in [5, 5.41) is 0. The summed E-state index contributed by atoms with van der Waals surface area (Å²) in [6.07, 6.45) is -0.134. The molecule has 0 bridgehead atoms. The molecule has 0 saturated heterocycles. The van der Waals surface area contributed by atoms with E-state index in [0.29, 0.717) is 0 Å². The van der Waals surface area contributed by atoms with Gasteiger partial charge in [0.2, 0.25) is 0 Å². The molecule has 0 aliphatic carbocycles. The Labute approximate surface area is 81.8 Å². The average Bonchev–Trinajstić information content (AvgIpc) is 2.00. The second-order valence-corrected chi connectivity index (χ2v) is 4.57. The van der Waals surface area contributed by atoms with Crippen LogP contribution >= 0.6 is 0 Å². The van der Waals surface area contributed by atoms with Gasteiger partial charge in [0.25, 0.3) is 0 Å². The molecule has 0 radical (unpaired) electrons. The number of aryl methyl sites for hydroxylation is 2. The molecular weight excluding hydrogens is 210 g/mol. The lowest BCUT2D eigenvalue weighted by Crippen LogP contribution is -2.03. The third-order valence-electron chi connectivity index (χ3n) is 1.82. The van der Waals surface area contributed by atoms with Crippen LogP contribution in [0.15, 0.2) is 18.2 Å². The largest absolute Gasteiger partial charge is 0.302 e. The fraction of sp³-hybridized carbons (Fsp3) is 0.333. The van der Waals surface area contributed by atoms with Gasteiger partial charge in [-0.2, -0.15) is 8.42 Å². The molecule has 0 atom stereocenters. The first-order chi connectivity index (χ1) is 6.38. The summed E-state index contributed by atoms with van der Waals surface area (Å²) in [5.74, 6) is -1.17. The average molecular weight is 220 g/mol. The number of halogens is 2. The second kappa shape index (κ2) is 4.04. The fourth-order valence-corrected chi connectivity index (χ4v) is 1.55. The Morgan fingerprint density at radius 1 is 1.36 bits per heavy atom. The highest BCUT2D eigenvalue weighted by Gasteiger charge is 2.09. The maximum absolute atomic E-state index is 13.1. The van der Waals surface area contributed by atoms with Crippen LogP contribution in [0.25, 0.3) is 0 Å².